The van der Waals surface area contributed by atoms with Crippen molar-refractivity contribution in [3.63, 3.8) is 0 Å². The molecule has 0 bridgehead atoms. The van der Waals surface area contributed by atoms with Crippen LogP contribution in [0.3, 0.4) is 0 Å². The van der Waals surface area contributed by atoms with Crippen molar-refractivity contribution < 1.29 is 17.9 Å². The lowest BCUT2D eigenvalue weighted by Gasteiger charge is -2.13. The first-order chi connectivity index (χ1) is 12.9. The van der Waals surface area contributed by atoms with Crippen LogP contribution in [0, 0.1) is 31.3 Å². The largest absolute Gasteiger partial charge is 0.495 e. The highest BCUT2D eigenvalue weighted by Crippen LogP contribution is 2.29. The van der Waals surface area contributed by atoms with Crippen LogP contribution in [-0.4, -0.2) is 17.1 Å². The van der Waals surface area contributed by atoms with Gasteiger partial charge in [-0.3, -0.25) is 0 Å². The molecule has 1 aromatic heterocycles. The molecule has 0 amide bonds. The van der Waals surface area contributed by atoms with Crippen molar-refractivity contribution in [2.45, 2.75) is 13.8 Å². The summed E-state index contributed by atoms with van der Waals surface area (Å²) >= 11 is 0. The van der Waals surface area contributed by atoms with Crippen molar-refractivity contribution >= 4 is 23.1 Å². The van der Waals surface area contributed by atoms with Crippen LogP contribution >= 0.6 is 0 Å². The van der Waals surface area contributed by atoms with E-state index in [4.69, 9.17) is 4.74 Å². The number of nitrogens with zero attached hydrogens (tertiary/aromatic N) is 2. The third-order valence-corrected chi connectivity index (χ3v) is 3.75. The normalized spacial score (nSPS) is 10.6. The van der Waals surface area contributed by atoms with Crippen LogP contribution in [0.15, 0.2) is 36.4 Å². The topological polar surface area (TPSA) is 59.1 Å². The second-order valence-corrected chi connectivity index (χ2v) is 5.89. The molecule has 3 aromatic rings. The van der Waals surface area contributed by atoms with Crippen molar-refractivity contribution in [3.05, 3.63) is 65.1 Å². The van der Waals surface area contributed by atoms with Gasteiger partial charge in [-0.15, -0.1) is 0 Å². The first kappa shape index (κ1) is 18.5. The highest BCUT2D eigenvalue weighted by atomic mass is 19.2. The molecule has 0 fully saturated rings. The second kappa shape index (κ2) is 7.53. The SMILES string of the molecule is COc1ccc(C)cc1Nc1cc(C)nc(Nc2ccc(F)c(F)c2F)n1. The Morgan fingerprint density at radius 1 is 0.852 bits per heavy atom. The Morgan fingerprint density at radius 3 is 2.37 bits per heavy atom. The Labute approximate surface area is 154 Å². The predicted molar refractivity (Wildman–Crippen MR) is 97.4 cm³/mol. The predicted octanol–water partition coefficient (Wildman–Crippen LogP) is 5.01. The van der Waals surface area contributed by atoms with Gasteiger partial charge in [0.2, 0.25) is 5.95 Å². The van der Waals surface area contributed by atoms with E-state index in [2.05, 4.69) is 20.6 Å². The quantitative estimate of drug-likeness (QED) is 0.615. The van der Waals surface area contributed by atoms with Gasteiger partial charge in [0, 0.05) is 11.8 Å². The summed E-state index contributed by atoms with van der Waals surface area (Å²) < 4.78 is 45.7. The first-order valence-corrected chi connectivity index (χ1v) is 8.05. The molecule has 0 spiro atoms. The molecular weight excluding hydrogens is 357 g/mol. The summed E-state index contributed by atoms with van der Waals surface area (Å²) in [5.41, 5.74) is 2.04. The van der Waals surface area contributed by atoms with Crippen molar-refractivity contribution in [2.75, 3.05) is 17.7 Å². The number of rotatable bonds is 5. The van der Waals surface area contributed by atoms with Gasteiger partial charge in [0.05, 0.1) is 18.5 Å². The van der Waals surface area contributed by atoms with Crippen LogP contribution in [0.2, 0.25) is 0 Å². The summed E-state index contributed by atoms with van der Waals surface area (Å²) in [6.07, 6.45) is 0. The number of hydrogen-bond donors (Lipinski definition) is 2. The molecule has 140 valence electrons. The zero-order valence-corrected chi connectivity index (χ0v) is 14.9. The first-order valence-electron chi connectivity index (χ1n) is 8.05. The maximum atomic E-state index is 13.9. The average Bonchev–Trinajstić information content (AvgIpc) is 2.62. The van der Waals surface area contributed by atoms with Gasteiger partial charge in [-0.25, -0.2) is 18.2 Å². The van der Waals surface area contributed by atoms with Crippen LogP contribution in [0.1, 0.15) is 11.3 Å². The van der Waals surface area contributed by atoms with Gasteiger partial charge < -0.3 is 15.4 Å². The number of hydrogen-bond acceptors (Lipinski definition) is 5. The summed E-state index contributed by atoms with van der Waals surface area (Å²) in [4.78, 5) is 8.40. The molecule has 3 rings (SSSR count). The van der Waals surface area contributed by atoms with Crippen LogP contribution in [0.5, 0.6) is 5.75 Å². The number of nitrogens with one attached hydrogen (secondary N) is 2. The highest BCUT2D eigenvalue weighted by Gasteiger charge is 2.15. The average molecular weight is 374 g/mol. The Hall–Kier alpha value is -3.29. The van der Waals surface area contributed by atoms with E-state index in [-0.39, 0.29) is 11.6 Å². The van der Waals surface area contributed by atoms with Crippen LogP contribution < -0.4 is 15.4 Å². The third kappa shape index (κ3) is 4.11. The second-order valence-electron chi connectivity index (χ2n) is 5.89. The summed E-state index contributed by atoms with van der Waals surface area (Å²) in [6, 6.07) is 9.21. The molecule has 0 atom stereocenters. The van der Waals surface area contributed by atoms with Crippen molar-refractivity contribution in [3.8, 4) is 5.75 Å². The Kier molecular flexibility index (Phi) is 5.16. The molecule has 5 nitrogen and oxygen atoms in total. The number of halogens is 3. The lowest BCUT2D eigenvalue weighted by molar-refractivity contribution is 0.416. The Balaban J connectivity index is 1.91. The van der Waals surface area contributed by atoms with E-state index < -0.39 is 17.5 Å². The van der Waals surface area contributed by atoms with E-state index in [1.165, 1.54) is 0 Å². The molecule has 0 saturated heterocycles. The van der Waals surface area contributed by atoms with E-state index in [1.54, 1.807) is 20.1 Å². The van der Waals surface area contributed by atoms with Crippen LogP contribution in [0.25, 0.3) is 0 Å². The van der Waals surface area contributed by atoms with Gasteiger partial charge in [0.1, 0.15) is 11.6 Å². The summed E-state index contributed by atoms with van der Waals surface area (Å²) in [5.74, 6) is -3.08. The molecule has 0 saturated carbocycles. The molecule has 2 N–H and O–H groups in total. The van der Waals surface area contributed by atoms with Crippen molar-refractivity contribution in [2.24, 2.45) is 0 Å². The number of ether oxygens (including phenoxy) is 1. The minimum Gasteiger partial charge on any atom is -0.495 e. The molecule has 0 aliphatic carbocycles. The van der Waals surface area contributed by atoms with Gasteiger partial charge in [-0.05, 0) is 43.7 Å². The van der Waals surface area contributed by atoms with E-state index in [0.29, 0.717) is 22.9 Å². The number of anilines is 4. The van der Waals surface area contributed by atoms with Crippen LogP contribution in [-0.2, 0) is 0 Å². The maximum absolute atomic E-state index is 13.9. The highest BCUT2D eigenvalue weighted by molar-refractivity contribution is 5.66. The van der Waals surface area contributed by atoms with E-state index in [9.17, 15) is 13.2 Å². The number of aryl methyl sites for hydroxylation is 2. The molecule has 2 aromatic carbocycles. The lowest BCUT2D eigenvalue weighted by Crippen LogP contribution is -2.05. The van der Waals surface area contributed by atoms with Gasteiger partial charge in [-0.1, -0.05) is 6.07 Å². The van der Waals surface area contributed by atoms with Gasteiger partial charge in [0.25, 0.3) is 0 Å². The van der Waals surface area contributed by atoms with E-state index in [0.717, 1.165) is 17.7 Å². The fourth-order valence-corrected chi connectivity index (χ4v) is 2.49. The van der Waals surface area contributed by atoms with Gasteiger partial charge >= 0.3 is 0 Å². The summed E-state index contributed by atoms with van der Waals surface area (Å²) in [6.45, 7) is 3.67. The minimum absolute atomic E-state index is 0.0361. The lowest BCUT2D eigenvalue weighted by atomic mass is 10.2. The number of benzene rings is 2. The molecule has 27 heavy (non-hydrogen) atoms. The summed E-state index contributed by atoms with van der Waals surface area (Å²) in [5, 5.41) is 5.69. The maximum Gasteiger partial charge on any atom is 0.229 e. The van der Waals surface area contributed by atoms with Gasteiger partial charge in [0.15, 0.2) is 17.5 Å². The minimum atomic E-state index is -1.56. The Bertz CT molecular complexity index is 995. The zero-order valence-electron chi connectivity index (χ0n) is 14.9. The number of aromatic nitrogens is 2. The number of methoxy groups -OCH3 is 1. The fourth-order valence-electron chi connectivity index (χ4n) is 2.49. The summed E-state index contributed by atoms with van der Waals surface area (Å²) in [7, 11) is 1.56. The fraction of sp³-hybridized carbons (Fsp3) is 0.158. The zero-order chi connectivity index (χ0) is 19.6. The molecule has 1 heterocycles. The van der Waals surface area contributed by atoms with Crippen molar-refractivity contribution in [1.82, 2.24) is 9.97 Å². The Morgan fingerprint density at radius 2 is 1.63 bits per heavy atom. The monoisotopic (exact) mass is 374 g/mol. The third-order valence-electron chi connectivity index (χ3n) is 3.75. The van der Waals surface area contributed by atoms with Gasteiger partial charge in [-0.2, -0.15) is 4.98 Å². The van der Waals surface area contributed by atoms with E-state index >= 15 is 0 Å². The van der Waals surface area contributed by atoms with Crippen LogP contribution in [0.4, 0.5) is 36.3 Å². The smallest absolute Gasteiger partial charge is 0.229 e. The van der Waals surface area contributed by atoms with Crippen molar-refractivity contribution in [1.29, 1.82) is 0 Å². The standard InChI is InChI=1S/C19H17F3N4O/c1-10-4-7-15(27-3)14(8-10)24-16-9-11(2)23-19(26-16)25-13-6-5-12(20)17(21)18(13)22/h4-9H,1-3H3,(H2,23,24,25,26). The molecule has 0 radical (unpaired) electrons. The van der Waals surface area contributed by atoms with E-state index in [1.807, 2.05) is 25.1 Å². The molecule has 0 unspecified atom stereocenters. The molecular formula is C19H17F3N4O. The molecule has 0 aliphatic rings. The molecule has 0 aliphatic heterocycles. The molecule has 8 heteroatoms.